The Morgan fingerprint density at radius 3 is 3.05 bits per heavy atom. The van der Waals surface area contributed by atoms with Gasteiger partial charge >= 0.3 is 0 Å². The fraction of sp³-hybridized carbons (Fsp3) is 0.353. The Labute approximate surface area is 137 Å². The highest BCUT2D eigenvalue weighted by atomic mass is 32.1. The number of benzene rings is 1. The van der Waals surface area contributed by atoms with Crippen molar-refractivity contribution < 1.29 is 4.79 Å². The van der Waals surface area contributed by atoms with Crippen LogP contribution in [0.5, 0.6) is 0 Å². The van der Waals surface area contributed by atoms with Crippen LogP contribution in [0, 0.1) is 5.92 Å². The van der Waals surface area contributed by atoms with E-state index in [-0.39, 0.29) is 5.91 Å². The van der Waals surface area contributed by atoms with Crippen LogP contribution >= 0.6 is 22.7 Å². The van der Waals surface area contributed by atoms with Crippen LogP contribution in [0.25, 0.3) is 19.5 Å². The summed E-state index contributed by atoms with van der Waals surface area (Å²) < 4.78 is 3.80. The van der Waals surface area contributed by atoms with E-state index in [0.717, 1.165) is 30.9 Å². The summed E-state index contributed by atoms with van der Waals surface area (Å²) >= 11 is 3.43. The van der Waals surface area contributed by atoms with Crippen molar-refractivity contribution in [3.63, 3.8) is 0 Å². The Morgan fingerprint density at radius 2 is 2.18 bits per heavy atom. The molecule has 3 aromatic rings. The summed E-state index contributed by atoms with van der Waals surface area (Å²) in [5, 5.41) is 4.49. The van der Waals surface area contributed by atoms with E-state index in [1.807, 2.05) is 11.9 Å². The number of rotatable bonds is 3. The topological polar surface area (TPSA) is 32.3 Å². The Kier molecular flexibility index (Phi) is 3.64. The largest absolute Gasteiger partial charge is 0.338 e. The number of likely N-dealkylation sites (tertiary alicyclic amines) is 1. The van der Waals surface area contributed by atoms with Gasteiger partial charge < -0.3 is 10.2 Å². The number of carbonyl (C=O) groups is 1. The molecule has 114 valence electrons. The lowest BCUT2D eigenvalue weighted by molar-refractivity contribution is 0.0792. The number of carbonyl (C=O) groups excluding carboxylic acids is 1. The highest BCUT2D eigenvalue weighted by Crippen LogP contribution is 2.39. The maximum Gasteiger partial charge on any atom is 0.264 e. The van der Waals surface area contributed by atoms with Gasteiger partial charge in [-0.25, -0.2) is 0 Å². The molecule has 1 saturated heterocycles. The van der Waals surface area contributed by atoms with Crippen molar-refractivity contribution in [3.8, 4) is 0 Å². The predicted molar refractivity (Wildman–Crippen MR) is 95.1 cm³/mol. The summed E-state index contributed by atoms with van der Waals surface area (Å²) in [6.07, 6.45) is 1.11. The van der Waals surface area contributed by atoms with E-state index in [0.29, 0.717) is 5.92 Å². The van der Waals surface area contributed by atoms with Crippen LogP contribution < -0.4 is 5.32 Å². The molecular formula is C17H18N2OS2. The summed E-state index contributed by atoms with van der Waals surface area (Å²) in [4.78, 5) is 15.6. The molecule has 3 heterocycles. The summed E-state index contributed by atoms with van der Waals surface area (Å²) in [5.41, 5.74) is 0. The summed E-state index contributed by atoms with van der Waals surface area (Å²) in [5.74, 6) is 0.798. The minimum absolute atomic E-state index is 0.205. The van der Waals surface area contributed by atoms with E-state index < -0.39 is 0 Å². The van der Waals surface area contributed by atoms with Crippen LogP contribution in [-0.4, -0.2) is 37.5 Å². The molecule has 0 saturated carbocycles. The van der Waals surface area contributed by atoms with Gasteiger partial charge in [0, 0.05) is 27.9 Å². The molecule has 22 heavy (non-hydrogen) atoms. The molecule has 5 heteroatoms. The van der Waals surface area contributed by atoms with Gasteiger partial charge in [0.15, 0.2) is 0 Å². The lowest BCUT2D eigenvalue weighted by Gasteiger charge is -2.15. The lowest BCUT2D eigenvalue weighted by Crippen LogP contribution is -2.29. The van der Waals surface area contributed by atoms with Crippen LogP contribution in [0.2, 0.25) is 0 Å². The van der Waals surface area contributed by atoms with E-state index in [2.05, 4.69) is 35.6 Å². The molecule has 1 fully saturated rings. The molecule has 1 atom stereocenters. The number of fused-ring (bicyclic) bond motifs is 3. The number of thiophene rings is 2. The molecule has 0 radical (unpaired) electrons. The number of hydrogen-bond donors (Lipinski definition) is 1. The highest BCUT2D eigenvalue weighted by Gasteiger charge is 2.27. The van der Waals surface area contributed by atoms with Gasteiger partial charge in [0.1, 0.15) is 0 Å². The molecule has 0 aliphatic carbocycles. The van der Waals surface area contributed by atoms with Gasteiger partial charge in [0.05, 0.1) is 9.58 Å². The van der Waals surface area contributed by atoms with E-state index in [4.69, 9.17) is 0 Å². The second-order valence-corrected chi connectivity index (χ2v) is 8.00. The molecule has 1 N–H and O–H groups in total. The molecule has 1 aromatic carbocycles. The van der Waals surface area contributed by atoms with Crippen LogP contribution in [0.15, 0.2) is 30.3 Å². The molecule has 2 aromatic heterocycles. The first-order chi connectivity index (χ1) is 10.8. The Morgan fingerprint density at radius 1 is 1.32 bits per heavy atom. The van der Waals surface area contributed by atoms with Crippen molar-refractivity contribution in [2.24, 2.45) is 5.92 Å². The van der Waals surface area contributed by atoms with Gasteiger partial charge in [0.2, 0.25) is 0 Å². The zero-order valence-electron chi connectivity index (χ0n) is 12.5. The van der Waals surface area contributed by atoms with Gasteiger partial charge in [-0.15, -0.1) is 22.7 Å². The quantitative estimate of drug-likeness (QED) is 0.792. The molecule has 0 spiro atoms. The maximum absolute atomic E-state index is 12.7. The van der Waals surface area contributed by atoms with E-state index in [1.54, 1.807) is 22.7 Å². The van der Waals surface area contributed by atoms with Gasteiger partial charge in [-0.05, 0) is 38.1 Å². The van der Waals surface area contributed by atoms with Crippen molar-refractivity contribution in [2.45, 2.75) is 6.42 Å². The standard InChI is InChI=1S/C17H18N2OS2/c1-18-9-11-6-7-19(10-11)17(20)15-8-14-16(22-15)12-4-2-3-5-13(12)21-14/h2-5,8,11,18H,6-7,9-10H2,1H3. The molecule has 3 nitrogen and oxygen atoms in total. The lowest BCUT2D eigenvalue weighted by atomic mass is 10.1. The Balaban J connectivity index is 1.62. The minimum Gasteiger partial charge on any atom is -0.338 e. The van der Waals surface area contributed by atoms with Gasteiger partial charge in [0.25, 0.3) is 5.91 Å². The first kappa shape index (κ1) is 14.2. The zero-order chi connectivity index (χ0) is 15.1. The molecule has 0 bridgehead atoms. The van der Waals surface area contributed by atoms with E-state index in [1.165, 1.54) is 19.5 Å². The fourth-order valence-electron chi connectivity index (χ4n) is 3.23. The average molecular weight is 330 g/mol. The molecule has 1 amide bonds. The van der Waals surface area contributed by atoms with Gasteiger partial charge in [-0.3, -0.25) is 4.79 Å². The normalized spacial score (nSPS) is 18.6. The smallest absolute Gasteiger partial charge is 0.264 e. The van der Waals surface area contributed by atoms with E-state index >= 15 is 0 Å². The third-order valence-corrected chi connectivity index (χ3v) is 6.73. The predicted octanol–water partition coefficient (Wildman–Crippen LogP) is 3.80. The van der Waals surface area contributed by atoms with Crippen molar-refractivity contribution in [1.82, 2.24) is 10.2 Å². The fourth-order valence-corrected chi connectivity index (χ4v) is 5.73. The zero-order valence-corrected chi connectivity index (χ0v) is 14.1. The monoisotopic (exact) mass is 330 g/mol. The Bertz CT molecular complexity index is 836. The number of hydrogen-bond acceptors (Lipinski definition) is 4. The van der Waals surface area contributed by atoms with Gasteiger partial charge in [-0.2, -0.15) is 0 Å². The third kappa shape index (κ3) is 2.33. The molecule has 1 aliphatic rings. The van der Waals surface area contributed by atoms with Crippen LogP contribution in [-0.2, 0) is 0 Å². The van der Waals surface area contributed by atoms with Crippen molar-refractivity contribution in [1.29, 1.82) is 0 Å². The second-order valence-electron chi connectivity index (χ2n) is 5.87. The highest BCUT2D eigenvalue weighted by molar-refractivity contribution is 7.33. The molecule has 1 unspecified atom stereocenters. The number of amides is 1. The maximum atomic E-state index is 12.7. The average Bonchev–Trinajstić information content (AvgIpc) is 3.20. The number of nitrogens with zero attached hydrogens (tertiary/aromatic N) is 1. The number of nitrogens with one attached hydrogen (secondary N) is 1. The van der Waals surface area contributed by atoms with Crippen LogP contribution in [0.1, 0.15) is 16.1 Å². The van der Waals surface area contributed by atoms with Crippen LogP contribution in [0.3, 0.4) is 0 Å². The first-order valence-corrected chi connectivity index (χ1v) is 9.24. The molecule has 1 aliphatic heterocycles. The minimum atomic E-state index is 0.205. The summed E-state index contributed by atoms with van der Waals surface area (Å²) in [7, 11) is 1.98. The molecular weight excluding hydrogens is 312 g/mol. The second kappa shape index (κ2) is 5.65. The summed E-state index contributed by atoms with van der Waals surface area (Å²) in [6, 6.07) is 10.5. The van der Waals surface area contributed by atoms with Crippen molar-refractivity contribution >= 4 is 48.1 Å². The van der Waals surface area contributed by atoms with Crippen molar-refractivity contribution in [2.75, 3.05) is 26.7 Å². The molecule has 4 rings (SSSR count). The van der Waals surface area contributed by atoms with Crippen LogP contribution in [0.4, 0.5) is 0 Å². The van der Waals surface area contributed by atoms with E-state index in [9.17, 15) is 4.79 Å². The summed E-state index contributed by atoms with van der Waals surface area (Å²) in [6.45, 7) is 2.76. The van der Waals surface area contributed by atoms with Gasteiger partial charge in [-0.1, -0.05) is 18.2 Å². The van der Waals surface area contributed by atoms with Crippen molar-refractivity contribution in [3.05, 3.63) is 35.2 Å². The third-order valence-electron chi connectivity index (χ3n) is 4.33. The Hall–Kier alpha value is -1.43. The SMILES string of the molecule is CNCC1CCN(C(=O)c2cc3sc4ccccc4c3s2)C1. The first-order valence-electron chi connectivity index (χ1n) is 7.61.